The van der Waals surface area contributed by atoms with Crippen molar-refractivity contribution in [3.05, 3.63) is 53.6 Å². The molecule has 42 heavy (non-hydrogen) atoms. The number of aromatic nitrogens is 5. The van der Waals surface area contributed by atoms with Crippen LogP contribution in [0.3, 0.4) is 0 Å². The van der Waals surface area contributed by atoms with Crippen LogP contribution in [0.5, 0.6) is 0 Å². The van der Waals surface area contributed by atoms with Gasteiger partial charge >= 0.3 is 0 Å². The number of H-pyrrole nitrogens is 2. The summed E-state index contributed by atoms with van der Waals surface area (Å²) in [5.41, 5.74) is 6.48. The molecule has 2 amide bonds. The number of benzene rings is 1. The molecule has 3 N–H and O–H groups in total. The standard InChI is InChI=1S/C31H39N9O2/c1-3-32-16-23-17-33-18-25(21(23)2)22-7-8-26-24(15-22)29(37-36-26)30-34-19-27(35-30)31(42)40-13-11-38(12-14-40)20-28(41)39-9-5-4-6-10-39/h7-8,15,17-19,32H,3-6,9-14,16,20H2,1-2H3,(H,34,35)(H,36,37). The van der Waals surface area contributed by atoms with Crippen LogP contribution in [0.15, 0.2) is 36.8 Å². The SMILES string of the molecule is CCNCc1cncc(-c2ccc3[nH]nc(-c4ncc(C(=O)N5CCN(CC(=O)N6CCCCC6)CC5)[nH]4)c3c2)c1C. The Balaban J connectivity index is 1.14. The number of hydrogen-bond acceptors (Lipinski definition) is 7. The molecule has 0 spiro atoms. The van der Waals surface area contributed by atoms with E-state index in [-0.39, 0.29) is 11.8 Å². The maximum absolute atomic E-state index is 13.3. The first-order valence-electron chi connectivity index (χ1n) is 15.0. The number of imidazole rings is 1. The number of rotatable bonds is 8. The van der Waals surface area contributed by atoms with Crippen molar-refractivity contribution in [2.24, 2.45) is 0 Å². The topological polar surface area (TPSA) is 126 Å². The van der Waals surface area contributed by atoms with Gasteiger partial charge in [-0.3, -0.25) is 24.6 Å². The molecular formula is C31H39N9O2. The molecule has 0 bridgehead atoms. The first kappa shape index (κ1) is 28.0. The van der Waals surface area contributed by atoms with Crippen molar-refractivity contribution in [3.63, 3.8) is 0 Å². The number of likely N-dealkylation sites (tertiary alicyclic amines) is 1. The molecule has 3 aromatic heterocycles. The average molecular weight is 570 g/mol. The second kappa shape index (κ2) is 12.4. The summed E-state index contributed by atoms with van der Waals surface area (Å²) in [6.07, 6.45) is 8.81. The first-order chi connectivity index (χ1) is 20.5. The van der Waals surface area contributed by atoms with E-state index in [0.29, 0.717) is 49.9 Å². The molecule has 220 valence electrons. The Labute approximate surface area is 245 Å². The van der Waals surface area contributed by atoms with Gasteiger partial charge in [-0.2, -0.15) is 5.10 Å². The molecule has 6 rings (SSSR count). The predicted octanol–water partition coefficient (Wildman–Crippen LogP) is 3.20. The number of piperidine rings is 1. The molecule has 2 fully saturated rings. The molecule has 5 heterocycles. The summed E-state index contributed by atoms with van der Waals surface area (Å²) in [7, 11) is 0. The van der Waals surface area contributed by atoms with Gasteiger partial charge in [0.2, 0.25) is 5.91 Å². The van der Waals surface area contributed by atoms with Crippen molar-refractivity contribution in [1.29, 1.82) is 0 Å². The van der Waals surface area contributed by atoms with E-state index in [1.54, 1.807) is 6.20 Å². The predicted molar refractivity (Wildman–Crippen MR) is 162 cm³/mol. The van der Waals surface area contributed by atoms with Crippen molar-refractivity contribution >= 4 is 22.7 Å². The Morgan fingerprint density at radius 2 is 1.79 bits per heavy atom. The van der Waals surface area contributed by atoms with Gasteiger partial charge in [0.15, 0.2) is 5.82 Å². The second-order valence-electron chi connectivity index (χ2n) is 11.2. The van der Waals surface area contributed by atoms with Crippen LogP contribution in [-0.2, 0) is 11.3 Å². The van der Waals surface area contributed by atoms with Crippen molar-refractivity contribution < 1.29 is 9.59 Å². The lowest BCUT2D eigenvalue weighted by molar-refractivity contribution is -0.133. The molecule has 2 aliphatic heterocycles. The molecule has 11 nitrogen and oxygen atoms in total. The Morgan fingerprint density at radius 1 is 0.976 bits per heavy atom. The summed E-state index contributed by atoms with van der Waals surface area (Å²) in [5, 5.41) is 11.9. The summed E-state index contributed by atoms with van der Waals surface area (Å²) in [6, 6.07) is 6.19. The molecular weight excluding hydrogens is 530 g/mol. The molecule has 0 unspecified atom stereocenters. The van der Waals surface area contributed by atoms with Gasteiger partial charge in [-0.25, -0.2) is 4.98 Å². The van der Waals surface area contributed by atoms with Gasteiger partial charge in [0, 0.05) is 69.2 Å². The van der Waals surface area contributed by atoms with Crippen LogP contribution >= 0.6 is 0 Å². The van der Waals surface area contributed by atoms with Crippen LogP contribution in [0.1, 0.15) is 47.8 Å². The minimum atomic E-state index is -0.0875. The quantitative estimate of drug-likeness (QED) is 0.298. The minimum Gasteiger partial charge on any atom is -0.342 e. The van der Waals surface area contributed by atoms with Gasteiger partial charge in [-0.15, -0.1) is 0 Å². The van der Waals surface area contributed by atoms with E-state index in [4.69, 9.17) is 0 Å². The van der Waals surface area contributed by atoms with Gasteiger partial charge in [-0.05, 0) is 61.6 Å². The van der Waals surface area contributed by atoms with Crippen LogP contribution < -0.4 is 5.32 Å². The van der Waals surface area contributed by atoms with Crippen molar-refractivity contribution in [2.75, 3.05) is 52.4 Å². The number of fused-ring (bicyclic) bond motifs is 1. The Bertz CT molecular complexity index is 1560. The number of aromatic amines is 2. The Hall–Kier alpha value is -4.09. The lowest BCUT2D eigenvalue weighted by Gasteiger charge is -2.35. The number of pyridine rings is 1. The van der Waals surface area contributed by atoms with E-state index in [0.717, 1.165) is 61.1 Å². The zero-order valence-electron chi connectivity index (χ0n) is 24.4. The van der Waals surface area contributed by atoms with Crippen LogP contribution in [0, 0.1) is 6.92 Å². The number of piperazine rings is 1. The number of carbonyl (C=O) groups excluding carboxylic acids is 2. The largest absolute Gasteiger partial charge is 0.342 e. The first-order valence-corrected chi connectivity index (χ1v) is 15.0. The third-order valence-corrected chi connectivity index (χ3v) is 8.52. The van der Waals surface area contributed by atoms with Crippen molar-refractivity contribution in [3.8, 4) is 22.6 Å². The lowest BCUT2D eigenvalue weighted by Crippen LogP contribution is -2.52. The summed E-state index contributed by atoms with van der Waals surface area (Å²) < 4.78 is 0. The zero-order chi connectivity index (χ0) is 29.1. The van der Waals surface area contributed by atoms with E-state index in [2.05, 4.69) is 61.3 Å². The van der Waals surface area contributed by atoms with E-state index < -0.39 is 0 Å². The molecule has 0 aliphatic carbocycles. The molecule has 2 aliphatic rings. The van der Waals surface area contributed by atoms with Crippen molar-refractivity contribution in [1.82, 2.24) is 45.2 Å². The van der Waals surface area contributed by atoms with Gasteiger partial charge in [0.05, 0.1) is 18.3 Å². The number of nitrogens with one attached hydrogen (secondary N) is 3. The maximum atomic E-state index is 13.3. The highest BCUT2D eigenvalue weighted by atomic mass is 16.2. The number of hydrogen-bond donors (Lipinski definition) is 3. The van der Waals surface area contributed by atoms with Crippen LogP contribution in [-0.4, -0.2) is 104 Å². The smallest absolute Gasteiger partial charge is 0.272 e. The van der Waals surface area contributed by atoms with Crippen LogP contribution in [0.2, 0.25) is 0 Å². The normalized spacial score (nSPS) is 16.3. The minimum absolute atomic E-state index is 0.0875. The van der Waals surface area contributed by atoms with E-state index in [9.17, 15) is 9.59 Å². The molecule has 1 aromatic carbocycles. The molecule has 0 saturated carbocycles. The highest BCUT2D eigenvalue weighted by molar-refractivity contribution is 5.96. The lowest BCUT2D eigenvalue weighted by atomic mass is 9.98. The van der Waals surface area contributed by atoms with E-state index in [1.165, 1.54) is 17.5 Å². The summed E-state index contributed by atoms with van der Waals surface area (Å²) in [5.74, 6) is 0.661. The van der Waals surface area contributed by atoms with Crippen molar-refractivity contribution in [2.45, 2.75) is 39.7 Å². The fourth-order valence-corrected chi connectivity index (χ4v) is 5.92. The zero-order valence-corrected chi connectivity index (χ0v) is 24.4. The van der Waals surface area contributed by atoms with Crippen LogP contribution in [0.25, 0.3) is 33.5 Å². The van der Waals surface area contributed by atoms with Gasteiger partial charge in [0.25, 0.3) is 5.91 Å². The summed E-state index contributed by atoms with van der Waals surface area (Å²) >= 11 is 0. The molecule has 4 aromatic rings. The fraction of sp³-hybridized carbons (Fsp3) is 0.452. The molecule has 0 radical (unpaired) electrons. The number of amides is 2. The van der Waals surface area contributed by atoms with Gasteiger partial charge in [0.1, 0.15) is 11.4 Å². The molecule has 2 saturated heterocycles. The molecule has 0 atom stereocenters. The summed E-state index contributed by atoms with van der Waals surface area (Å²) in [6.45, 7) is 10.6. The maximum Gasteiger partial charge on any atom is 0.272 e. The average Bonchev–Trinajstić information content (AvgIpc) is 3.68. The highest BCUT2D eigenvalue weighted by Crippen LogP contribution is 2.31. The molecule has 11 heteroatoms. The third-order valence-electron chi connectivity index (χ3n) is 8.52. The van der Waals surface area contributed by atoms with Gasteiger partial charge < -0.3 is 20.1 Å². The third kappa shape index (κ3) is 5.79. The fourth-order valence-electron chi connectivity index (χ4n) is 5.92. The van der Waals surface area contributed by atoms with Crippen LogP contribution in [0.4, 0.5) is 0 Å². The second-order valence-corrected chi connectivity index (χ2v) is 11.2. The van der Waals surface area contributed by atoms with Gasteiger partial charge in [-0.1, -0.05) is 13.0 Å². The monoisotopic (exact) mass is 569 g/mol. The number of carbonyl (C=O) groups is 2. The number of nitrogens with zero attached hydrogens (tertiary/aromatic N) is 6. The van der Waals surface area contributed by atoms with E-state index >= 15 is 0 Å². The van der Waals surface area contributed by atoms with E-state index in [1.807, 2.05) is 28.3 Å². The highest BCUT2D eigenvalue weighted by Gasteiger charge is 2.27. The Morgan fingerprint density at radius 3 is 2.57 bits per heavy atom. The Kier molecular flexibility index (Phi) is 8.29. The summed E-state index contributed by atoms with van der Waals surface area (Å²) in [4.78, 5) is 44.2.